The molecule has 31 heavy (non-hydrogen) atoms. The molecular weight excluding hydrogens is 392 g/mol. The molecule has 7 heteroatoms. The summed E-state index contributed by atoms with van der Waals surface area (Å²) in [4.78, 5) is 6.90. The summed E-state index contributed by atoms with van der Waals surface area (Å²) in [5.41, 5.74) is 10.3. The average Bonchev–Trinajstić information content (AvgIpc) is 2.80. The Morgan fingerprint density at radius 2 is 1.87 bits per heavy atom. The number of benzene rings is 2. The van der Waals surface area contributed by atoms with Crippen LogP contribution in [0.1, 0.15) is 5.56 Å². The first-order chi connectivity index (χ1) is 15.2. The van der Waals surface area contributed by atoms with E-state index in [4.69, 9.17) is 24.9 Å². The van der Waals surface area contributed by atoms with Crippen LogP contribution >= 0.6 is 0 Å². The van der Waals surface area contributed by atoms with Crippen molar-refractivity contribution in [1.29, 1.82) is 0 Å². The number of hydrogen-bond donors (Lipinski definition) is 2. The Labute approximate surface area is 182 Å². The third-order valence-corrected chi connectivity index (χ3v) is 5.09. The van der Waals surface area contributed by atoms with E-state index >= 15 is 0 Å². The van der Waals surface area contributed by atoms with Gasteiger partial charge in [0.2, 0.25) is 5.88 Å². The van der Waals surface area contributed by atoms with Crippen LogP contribution in [0.4, 0.5) is 11.4 Å². The van der Waals surface area contributed by atoms with E-state index < -0.39 is 0 Å². The number of nitrogens with zero attached hydrogens (tertiary/aromatic N) is 2. The summed E-state index contributed by atoms with van der Waals surface area (Å²) in [7, 11) is 3.69. The normalized spacial score (nSPS) is 12.6. The third-order valence-electron chi connectivity index (χ3n) is 5.09. The van der Waals surface area contributed by atoms with Crippen LogP contribution in [0, 0.1) is 0 Å². The number of anilines is 2. The first-order valence-electron chi connectivity index (χ1n) is 10.4. The number of nitrogens with two attached hydrogens (primary N) is 1. The number of para-hydroxylation sites is 1. The van der Waals surface area contributed by atoms with Crippen LogP contribution in [0.5, 0.6) is 17.4 Å². The van der Waals surface area contributed by atoms with Gasteiger partial charge in [-0.15, -0.1) is 0 Å². The molecule has 4 rings (SSSR count). The lowest BCUT2D eigenvalue weighted by Gasteiger charge is -2.21. The van der Waals surface area contributed by atoms with Crippen molar-refractivity contribution in [3.05, 3.63) is 60.2 Å². The molecule has 1 aliphatic heterocycles. The second-order valence-electron chi connectivity index (χ2n) is 7.43. The van der Waals surface area contributed by atoms with Crippen LogP contribution < -0.4 is 25.3 Å². The van der Waals surface area contributed by atoms with E-state index in [1.165, 1.54) is 5.56 Å². The van der Waals surface area contributed by atoms with E-state index in [0.29, 0.717) is 25.6 Å². The Balaban J connectivity index is 1.53. The van der Waals surface area contributed by atoms with Crippen molar-refractivity contribution in [2.75, 3.05) is 45.8 Å². The average molecular weight is 421 g/mol. The molecule has 3 N–H and O–H groups in total. The molecule has 2 aromatic carbocycles. The maximum atomic E-state index is 5.83. The lowest BCUT2D eigenvalue weighted by molar-refractivity contribution is 0.172. The molecule has 0 saturated carbocycles. The van der Waals surface area contributed by atoms with Gasteiger partial charge in [-0.05, 0) is 49.0 Å². The number of nitrogens with one attached hydrogen (secondary N) is 1. The quantitative estimate of drug-likeness (QED) is 0.575. The van der Waals surface area contributed by atoms with Gasteiger partial charge in [-0.3, -0.25) is 0 Å². The van der Waals surface area contributed by atoms with Gasteiger partial charge in [-0.1, -0.05) is 18.2 Å². The van der Waals surface area contributed by atoms with Gasteiger partial charge >= 0.3 is 0 Å². The van der Waals surface area contributed by atoms with Gasteiger partial charge in [-0.2, -0.15) is 0 Å². The van der Waals surface area contributed by atoms with E-state index in [2.05, 4.69) is 41.5 Å². The molecule has 162 valence electrons. The number of pyridine rings is 1. The minimum absolute atomic E-state index is 0.513. The van der Waals surface area contributed by atoms with Crippen molar-refractivity contribution in [2.24, 2.45) is 5.73 Å². The Bertz CT molecular complexity index is 1020. The Hall–Kier alpha value is -3.29. The summed E-state index contributed by atoms with van der Waals surface area (Å²) in [6, 6.07) is 18.1. The summed E-state index contributed by atoms with van der Waals surface area (Å²) in [6.45, 7) is 3.47. The maximum absolute atomic E-state index is 5.83. The van der Waals surface area contributed by atoms with Gasteiger partial charge in [-0.25, -0.2) is 4.98 Å². The Morgan fingerprint density at radius 3 is 2.65 bits per heavy atom. The molecule has 1 aliphatic rings. The molecular formula is C24H28N4O3. The number of hydrogen-bond acceptors (Lipinski definition) is 7. The molecule has 0 radical (unpaired) electrons. The van der Waals surface area contributed by atoms with Gasteiger partial charge in [0, 0.05) is 30.9 Å². The van der Waals surface area contributed by atoms with Crippen LogP contribution in [-0.2, 0) is 6.54 Å². The molecule has 7 nitrogen and oxygen atoms in total. The third kappa shape index (κ3) is 4.90. The van der Waals surface area contributed by atoms with Gasteiger partial charge in [0.25, 0.3) is 0 Å². The molecule has 3 aromatic rings. The van der Waals surface area contributed by atoms with Gasteiger partial charge in [0.15, 0.2) is 11.5 Å². The van der Waals surface area contributed by atoms with Gasteiger partial charge < -0.3 is 30.2 Å². The minimum Gasteiger partial charge on any atom is -0.486 e. The molecule has 0 aliphatic carbocycles. The summed E-state index contributed by atoms with van der Waals surface area (Å²) >= 11 is 0. The van der Waals surface area contributed by atoms with Crippen molar-refractivity contribution in [3.8, 4) is 28.6 Å². The zero-order valence-electron chi connectivity index (χ0n) is 17.9. The zero-order chi connectivity index (χ0) is 21.6. The predicted octanol–water partition coefficient (Wildman–Crippen LogP) is 3.66. The van der Waals surface area contributed by atoms with E-state index in [1.807, 2.05) is 30.3 Å². The molecule has 0 atom stereocenters. The number of fused-ring (bicyclic) bond motifs is 1. The van der Waals surface area contributed by atoms with Crippen LogP contribution in [0.25, 0.3) is 11.3 Å². The standard InChI is InChI=1S/C24H28N4O3/c1-28(13-12-25)16-17-6-8-18(9-7-17)26-21-11-10-20(27-24(21)29-2)19-4-3-5-22-23(19)31-15-14-30-22/h3-11,26H,12-16,25H2,1-2H3. The number of likely N-dealkylation sites (N-methyl/N-ethyl adjacent to an activating group) is 1. The highest BCUT2D eigenvalue weighted by molar-refractivity contribution is 5.74. The number of aromatic nitrogens is 1. The summed E-state index contributed by atoms with van der Waals surface area (Å²) in [6.07, 6.45) is 0. The van der Waals surface area contributed by atoms with Crippen molar-refractivity contribution >= 4 is 11.4 Å². The first-order valence-corrected chi connectivity index (χ1v) is 10.4. The van der Waals surface area contributed by atoms with Crippen LogP contribution in [0.2, 0.25) is 0 Å². The summed E-state index contributed by atoms with van der Waals surface area (Å²) in [5.74, 6) is 1.97. The highest BCUT2D eigenvalue weighted by Crippen LogP contribution is 2.40. The first kappa shape index (κ1) is 21.0. The lowest BCUT2D eigenvalue weighted by atomic mass is 10.1. The largest absolute Gasteiger partial charge is 0.486 e. The van der Waals surface area contributed by atoms with Crippen LogP contribution in [0.15, 0.2) is 54.6 Å². The molecule has 1 aromatic heterocycles. The fourth-order valence-electron chi connectivity index (χ4n) is 3.58. The summed E-state index contributed by atoms with van der Waals surface area (Å²) < 4.78 is 17.1. The fourth-order valence-corrected chi connectivity index (χ4v) is 3.58. The highest BCUT2D eigenvalue weighted by Gasteiger charge is 2.18. The number of rotatable bonds is 8. The second-order valence-corrected chi connectivity index (χ2v) is 7.43. The van der Waals surface area contributed by atoms with Crippen LogP contribution in [-0.4, -0.2) is 50.3 Å². The van der Waals surface area contributed by atoms with Gasteiger partial charge in [0.05, 0.1) is 12.8 Å². The van der Waals surface area contributed by atoms with Crippen molar-refractivity contribution < 1.29 is 14.2 Å². The topological polar surface area (TPSA) is 81.9 Å². The molecule has 0 saturated heterocycles. The smallest absolute Gasteiger partial charge is 0.238 e. The monoisotopic (exact) mass is 420 g/mol. The molecule has 0 amide bonds. The van der Waals surface area contributed by atoms with Crippen molar-refractivity contribution in [1.82, 2.24) is 9.88 Å². The second kappa shape index (κ2) is 9.68. The SMILES string of the molecule is COc1nc(-c2cccc3c2OCCO3)ccc1Nc1ccc(CN(C)CCN)cc1. The van der Waals surface area contributed by atoms with E-state index in [-0.39, 0.29) is 0 Å². The highest BCUT2D eigenvalue weighted by atomic mass is 16.6. The van der Waals surface area contributed by atoms with Crippen molar-refractivity contribution in [2.45, 2.75) is 6.54 Å². The van der Waals surface area contributed by atoms with Crippen molar-refractivity contribution in [3.63, 3.8) is 0 Å². The zero-order valence-corrected chi connectivity index (χ0v) is 17.9. The molecule has 2 heterocycles. The lowest BCUT2D eigenvalue weighted by Crippen LogP contribution is -2.24. The van der Waals surface area contributed by atoms with E-state index in [0.717, 1.165) is 47.2 Å². The molecule has 0 bridgehead atoms. The number of methoxy groups -OCH3 is 1. The minimum atomic E-state index is 0.513. The maximum Gasteiger partial charge on any atom is 0.238 e. The Kier molecular flexibility index (Phi) is 6.54. The molecule has 0 unspecified atom stereocenters. The molecule has 0 spiro atoms. The number of ether oxygens (including phenoxy) is 3. The van der Waals surface area contributed by atoms with E-state index in [1.54, 1.807) is 7.11 Å². The summed E-state index contributed by atoms with van der Waals surface area (Å²) in [5, 5.41) is 3.39. The predicted molar refractivity (Wildman–Crippen MR) is 122 cm³/mol. The van der Waals surface area contributed by atoms with E-state index in [9.17, 15) is 0 Å². The fraction of sp³-hybridized carbons (Fsp3) is 0.292. The Morgan fingerprint density at radius 1 is 1.06 bits per heavy atom. The molecule has 0 fully saturated rings. The van der Waals surface area contributed by atoms with Gasteiger partial charge in [0.1, 0.15) is 18.9 Å². The van der Waals surface area contributed by atoms with Crippen LogP contribution in [0.3, 0.4) is 0 Å².